The summed E-state index contributed by atoms with van der Waals surface area (Å²) in [7, 11) is -2.41. The molecule has 118 valence electrons. The fourth-order valence-corrected chi connectivity index (χ4v) is 4.21. The van der Waals surface area contributed by atoms with Crippen molar-refractivity contribution in [3.05, 3.63) is 24.3 Å². The molecule has 0 radical (unpaired) electrons. The lowest BCUT2D eigenvalue weighted by atomic mass is 10.1. The van der Waals surface area contributed by atoms with E-state index in [2.05, 4.69) is 4.72 Å². The molecule has 1 aromatic rings. The Morgan fingerprint density at radius 2 is 1.76 bits per heavy atom. The van der Waals surface area contributed by atoms with Crippen LogP contribution >= 0.6 is 10.7 Å². The Morgan fingerprint density at radius 3 is 2.24 bits per heavy atom. The first-order valence-electron chi connectivity index (χ1n) is 6.39. The number of hydrogen-bond acceptors (Lipinski definition) is 5. The third-order valence-electron chi connectivity index (χ3n) is 3.28. The summed E-state index contributed by atoms with van der Waals surface area (Å²) in [4.78, 5) is -0.160. The number of ether oxygens (including phenoxy) is 1. The van der Waals surface area contributed by atoms with Gasteiger partial charge < -0.3 is 4.74 Å². The Labute approximate surface area is 128 Å². The summed E-state index contributed by atoms with van der Waals surface area (Å²) in [6.45, 7) is 2.38. The molecule has 1 fully saturated rings. The number of hydrogen-bond donors (Lipinski definition) is 1. The smallest absolute Gasteiger partial charge is 0.261 e. The zero-order valence-electron chi connectivity index (χ0n) is 11.3. The van der Waals surface area contributed by atoms with Crippen LogP contribution in [0.4, 0.5) is 0 Å². The molecule has 1 saturated heterocycles. The second-order valence-corrected chi connectivity index (χ2v) is 9.15. The fourth-order valence-electron chi connectivity index (χ4n) is 2.17. The minimum atomic E-state index is -3.86. The Balaban J connectivity index is 2.15. The monoisotopic (exact) mass is 353 g/mol. The van der Waals surface area contributed by atoms with Gasteiger partial charge in [0.15, 0.2) is 0 Å². The summed E-state index contributed by atoms with van der Waals surface area (Å²) < 4.78 is 54.7. The van der Waals surface area contributed by atoms with E-state index in [1.165, 1.54) is 12.1 Å². The molecule has 0 aromatic heterocycles. The van der Waals surface area contributed by atoms with E-state index >= 15 is 0 Å². The number of rotatable bonds is 5. The largest absolute Gasteiger partial charge is 0.377 e. The standard InChI is InChI=1S/C12H16ClNO5S2/c1-9(12-3-2-8-19-12)14-21(17,18)11-6-4-10(5-7-11)20(13,15)16/h4-7,9,12,14H,2-3,8H2,1H3. The molecule has 21 heavy (non-hydrogen) atoms. The van der Waals surface area contributed by atoms with E-state index in [1.54, 1.807) is 6.92 Å². The summed E-state index contributed by atoms with van der Waals surface area (Å²) in [5.41, 5.74) is 0. The molecule has 2 atom stereocenters. The van der Waals surface area contributed by atoms with Gasteiger partial charge in [-0.3, -0.25) is 0 Å². The predicted molar refractivity (Wildman–Crippen MR) is 78.2 cm³/mol. The van der Waals surface area contributed by atoms with Crippen molar-refractivity contribution in [3.63, 3.8) is 0 Å². The van der Waals surface area contributed by atoms with Crippen molar-refractivity contribution in [2.75, 3.05) is 6.61 Å². The van der Waals surface area contributed by atoms with E-state index in [0.29, 0.717) is 6.61 Å². The molecule has 1 aliphatic heterocycles. The molecule has 1 aliphatic rings. The zero-order chi connectivity index (χ0) is 15.7. The Kier molecular flexibility index (Phi) is 4.94. The summed E-state index contributed by atoms with van der Waals surface area (Å²) in [6.07, 6.45) is 1.59. The SMILES string of the molecule is CC(NS(=O)(=O)c1ccc(S(=O)(=O)Cl)cc1)C1CCCO1. The molecule has 2 rings (SSSR count). The highest BCUT2D eigenvalue weighted by molar-refractivity contribution is 8.13. The van der Waals surface area contributed by atoms with Crippen LogP contribution in [0, 0.1) is 0 Å². The molecular formula is C12H16ClNO5S2. The van der Waals surface area contributed by atoms with Crippen molar-refractivity contribution in [1.29, 1.82) is 0 Å². The van der Waals surface area contributed by atoms with Crippen molar-refractivity contribution in [1.82, 2.24) is 4.72 Å². The molecule has 2 unspecified atom stereocenters. The van der Waals surface area contributed by atoms with Crippen LogP contribution in [0.5, 0.6) is 0 Å². The predicted octanol–water partition coefficient (Wildman–Crippen LogP) is 1.46. The van der Waals surface area contributed by atoms with E-state index < -0.39 is 19.1 Å². The van der Waals surface area contributed by atoms with Crippen molar-refractivity contribution in [3.8, 4) is 0 Å². The van der Waals surface area contributed by atoms with Gasteiger partial charge in [-0.05, 0) is 44.0 Å². The highest BCUT2D eigenvalue weighted by atomic mass is 35.7. The normalized spacial score (nSPS) is 21.3. The summed E-state index contributed by atoms with van der Waals surface area (Å²) >= 11 is 0. The molecule has 1 aromatic carbocycles. The lowest BCUT2D eigenvalue weighted by Crippen LogP contribution is -2.40. The van der Waals surface area contributed by atoms with Crippen LogP contribution in [-0.2, 0) is 23.8 Å². The second kappa shape index (κ2) is 6.21. The van der Waals surface area contributed by atoms with Gasteiger partial charge in [0, 0.05) is 23.3 Å². The van der Waals surface area contributed by atoms with Gasteiger partial charge in [-0.25, -0.2) is 21.6 Å². The van der Waals surface area contributed by atoms with E-state index in [0.717, 1.165) is 25.0 Å². The van der Waals surface area contributed by atoms with Crippen LogP contribution in [0.1, 0.15) is 19.8 Å². The van der Waals surface area contributed by atoms with E-state index in [4.69, 9.17) is 15.4 Å². The summed E-state index contributed by atoms with van der Waals surface area (Å²) in [5.74, 6) is 0. The van der Waals surface area contributed by atoms with Crippen molar-refractivity contribution < 1.29 is 21.6 Å². The highest BCUT2D eigenvalue weighted by Crippen LogP contribution is 2.20. The minimum absolute atomic E-state index is 0.0172. The maximum atomic E-state index is 12.2. The molecule has 0 amide bonds. The van der Waals surface area contributed by atoms with Gasteiger partial charge in [0.05, 0.1) is 15.9 Å². The van der Waals surface area contributed by atoms with E-state index in [1.807, 2.05) is 0 Å². The van der Waals surface area contributed by atoms with Gasteiger partial charge in [0.25, 0.3) is 9.05 Å². The number of benzene rings is 1. The van der Waals surface area contributed by atoms with Crippen LogP contribution in [0.3, 0.4) is 0 Å². The first kappa shape index (κ1) is 16.7. The molecule has 9 heteroatoms. The van der Waals surface area contributed by atoms with Gasteiger partial charge in [0.2, 0.25) is 10.0 Å². The molecule has 1 N–H and O–H groups in total. The van der Waals surface area contributed by atoms with Crippen LogP contribution in [0.15, 0.2) is 34.1 Å². The molecule has 6 nitrogen and oxygen atoms in total. The quantitative estimate of drug-likeness (QED) is 0.809. The van der Waals surface area contributed by atoms with Crippen LogP contribution in [-0.4, -0.2) is 35.6 Å². The van der Waals surface area contributed by atoms with Crippen LogP contribution < -0.4 is 4.72 Å². The highest BCUT2D eigenvalue weighted by Gasteiger charge is 2.27. The van der Waals surface area contributed by atoms with E-state index in [-0.39, 0.29) is 21.9 Å². The van der Waals surface area contributed by atoms with Crippen LogP contribution in [0.2, 0.25) is 0 Å². The average molecular weight is 354 g/mol. The second-order valence-electron chi connectivity index (χ2n) is 4.87. The molecule has 1 heterocycles. The first-order valence-corrected chi connectivity index (χ1v) is 10.2. The Bertz CT molecular complexity index is 694. The third kappa shape index (κ3) is 4.17. The molecule has 0 aliphatic carbocycles. The van der Waals surface area contributed by atoms with Gasteiger partial charge in [-0.15, -0.1) is 0 Å². The molecule has 0 spiro atoms. The topological polar surface area (TPSA) is 89.5 Å². The van der Waals surface area contributed by atoms with Gasteiger partial charge >= 0.3 is 0 Å². The van der Waals surface area contributed by atoms with E-state index in [9.17, 15) is 16.8 Å². The Morgan fingerprint density at radius 1 is 1.19 bits per heavy atom. The lowest BCUT2D eigenvalue weighted by molar-refractivity contribution is 0.0902. The molecule has 0 bridgehead atoms. The lowest BCUT2D eigenvalue weighted by Gasteiger charge is -2.19. The zero-order valence-corrected chi connectivity index (χ0v) is 13.7. The maximum absolute atomic E-state index is 12.2. The van der Waals surface area contributed by atoms with Crippen molar-refractivity contribution in [2.24, 2.45) is 0 Å². The Hall–Kier alpha value is -0.670. The summed E-state index contributed by atoms with van der Waals surface area (Å²) in [5, 5.41) is 0. The third-order valence-corrected chi connectivity index (χ3v) is 6.22. The first-order chi connectivity index (χ1) is 9.70. The maximum Gasteiger partial charge on any atom is 0.261 e. The summed E-state index contributed by atoms with van der Waals surface area (Å²) in [6, 6.07) is 4.38. The van der Waals surface area contributed by atoms with Crippen molar-refractivity contribution in [2.45, 2.75) is 41.7 Å². The average Bonchev–Trinajstić information content (AvgIpc) is 2.91. The van der Waals surface area contributed by atoms with Gasteiger partial charge in [0.1, 0.15) is 0 Å². The molecular weight excluding hydrogens is 338 g/mol. The molecule has 0 saturated carbocycles. The number of halogens is 1. The van der Waals surface area contributed by atoms with Crippen LogP contribution in [0.25, 0.3) is 0 Å². The number of nitrogens with one attached hydrogen (secondary N) is 1. The van der Waals surface area contributed by atoms with Gasteiger partial charge in [-0.1, -0.05) is 0 Å². The fraction of sp³-hybridized carbons (Fsp3) is 0.500. The number of sulfonamides is 1. The van der Waals surface area contributed by atoms with Gasteiger partial charge in [-0.2, -0.15) is 0 Å². The van der Waals surface area contributed by atoms with Crippen molar-refractivity contribution >= 4 is 29.8 Å². The minimum Gasteiger partial charge on any atom is -0.377 e.